The second-order valence-corrected chi connectivity index (χ2v) is 5.20. The van der Waals surface area contributed by atoms with Gasteiger partial charge >= 0.3 is 0 Å². The van der Waals surface area contributed by atoms with E-state index in [1.165, 1.54) is 12.3 Å². The van der Waals surface area contributed by atoms with Crippen LogP contribution in [-0.4, -0.2) is 26.9 Å². The van der Waals surface area contributed by atoms with Crippen LogP contribution in [0.25, 0.3) is 0 Å². The number of phenols is 1. The lowest BCUT2D eigenvalue weighted by Crippen LogP contribution is -2.32. The molecule has 1 aromatic carbocycles. The Morgan fingerprint density at radius 1 is 1.33 bits per heavy atom. The summed E-state index contributed by atoms with van der Waals surface area (Å²) in [6.45, 7) is 0.405. The van der Waals surface area contributed by atoms with E-state index in [-0.39, 0.29) is 17.7 Å². The van der Waals surface area contributed by atoms with Crippen molar-refractivity contribution in [3.8, 4) is 5.75 Å². The average molecular weight is 286 g/mol. The molecule has 0 bridgehead atoms. The third-order valence-electron chi connectivity index (χ3n) is 3.49. The molecule has 108 valence electrons. The first-order valence-corrected chi connectivity index (χ1v) is 6.84. The molecular weight excluding hydrogens is 271 g/mol. The summed E-state index contributed by atoms with van der Waals surface area (Å²) in [5, 5.41) is 9.51. The van der Waals surface area contributed by atoms with E-state index in [0.29, 0.717) is 12.1 Å². The molecule has 1 saturated carbocycles. The normalized spacial score (nSPS) is 14.0. The summed E-state index contributed by atoms with van der Waals surface area (Å²) in [6.07, 6.45) is 3.21. The number of phenolic OH excluding ortho intramolecular Hbond substituents is 1. The van der Waals surface area contributed by atoms with Crippen LogP contribution in [0.1, 0.15) is 28.8 Å². The smallest absolute Gasteiger partial charge is 0.254 e. The van der Waals surface area contributed by atoms with E-state index in [4.69, 9.17) is 0 Å². The average Bonchev–Trinajstić information content (AvgIpc) is 3.29. The van der Waals surface area contributed by atoms with Crippen LogP contribution in [0.2, 0.25) is 0 Å². The first kappa shape index (κ1) is 13.5. The number of benzene rings is 1. The molecule has 4 nitrogen and oxygen atoms in total. The van der Waals surface area contributed by atoms with Crippen molar-refractivity contribution in [2.75, 3.05) is 0 Å². The van der Waals surface area contributed by atoms with Gasteiger partial charge in [-0.1, -0.05) is 12.1 Å². The number of pyridine rings is 1. The molecule has 0 aliphatic heterocycles. The highest BCUT2D eigenvalue weighted by Crippen LogP contribution is 2.30. The van der Waals surface area contributed by atoms with Gasteiger partial charge in [-0.3, -0.25) is 4.79 Å². The molecule has 5 heteroatoms. The van der Waals surface area contributed by atoms with E-state index in [1.54, 1.807) is 23.1 Å². The number of hydrogen-bond acceptors (Lipinski definition) is 3. The molecule has 0 spiro atoms. The van der Waals surface area contributed by atoms with Gasteiger partial charge in [0.1, 0.15) is 5.75 Å². The van der Waals surface area contributed by atoms with Gasteiger partial charge in [-0.25, -0.2) is 4.98 Å². The molecule has 1 heterocycles. The predicted molar refractivity (Wildman–Crippen MR) is 75.2 cm³/mol. The van der Waals surface area contributed by atoms with Gasteiger partial charge in [0.25, 0.3) is 5.91 Å². The second-order valence-electron chi connectivity index (χ2n) is 5.20. The first-order chi connectivity index (χ1) is 10.1. The number of amides is 1. The molecule has 0 saturated heterocycles. The molecule has 1 fully saturated rings. The lowest BCUT2D eigenvalue weighted by molar-refractivity contribution is 0.0729. The van der Waals surface area contributed by atoms with E-state index >= 15 is 0 Å². The van der Waals surface area contributed by atoms with Crippen molar-refractivity contribution in [1.82, 2.24) is 9.88 Å². The minimum absolute atomic E-state index is 0.172. The van der Waals surface area contributed by atoms with Gasteiger partial charge in [0, 0.05) is 30.4 Å². The van der Waals surface area contributed by atoms with Crippen LogP contribution in [0.3, 0.4) is 0 Å². The molecule has 1 aliphatic rings. The zero-order valence-corrected chi connectivity index (χ0v) is 11.4. The lowest BCUT2D eigenvalue weighted by atomic mass is 10.1. The fourth-order valence-corrected chi connectivity index (χ4v) is 2.31. The monoisotopic (exact) mass is 286 g/mol. The number of nitrogens with zero attached hydrogens (tertiary/aromatic N) is 2. The molecule has 1 aromatic heterocycles. The molecular formula is C16H15FN2O2. The molecule has 1 N–H and O–H groups in total. The van der Waals surface area contributed by atoms with Gasteiger partial charge in [-0.2, -0.15) is 4.39 Å². The Labute approximate surface area is 121 Å². The number of aromatic hydroxyl groups is 1. The van der Waals surface area contributed by atoms with Crippen LogP contribution in [-0.2, 0) is 6.54 Å². The number of hydrogen-bond donors (Lipinski definition) is 1. The highest BCUT2D eigenvalue weighted by molar-refractivity contribution is 5.94. The Hall–Kier alpha value is -2.43. The van der Waals surface area contributed by atoms with Crippen LogP contribution in [0.5, 0.6) is 5.75 Å². The maximum Gasteiger partial charge on any atom is 0.254 e. The Bertz CT molecular complexity index is 671. The quantitative estimate of drug-likeness (QED) is 0.879. The maximum absolute atomic E-state index is 13.2. The Kier molecular flexibility index (Phi) is 3.56. The molecule has 3 rings (SSSR count). The number of rotatable bonds is 4. The number of carbonyl (C=O) groups excluding carboxylic acids is 1. The summed E-state index contributed by atoms with van der Waals surface area (Å²) in [4.78, 5) is 17.7. The van der Waals surface area contributed by atoms with E-state index in [1.807, 2.05) is 6.07 Å². The molecule has 1 amide bonds. The van der Waals surface area contributed by atoms with Crippen molar-refractivity contribution < 1.29 is 14.3 Å². The van der Waals surface area contributed by atoms with E-state index in [2.05, 4.69) is 4.98 Å². The molecule has 0 unspecified atom stereocenters. The second kappa shape index (κ2) is 5.52. The van der Waals surface area contributed by atoms with Gasteiger partial charge in [0.15, 0.2) is 0 Å². The minimum Gasteiger partial charge on any atom is -0.508 e. The minimum atomic E-state index is -0.658. The van der Waals surface area contributed by atoms with Gasteiger partial charge in [0.05, 0.1) is 0 Å². The van der Waals surface area contributed by atoms with Crippen molar-refractivity contribution in [1.29, 1.82) is 0 Å². The molecule has 0 radical (unpaired) electrons. The fourth-order valence-electron chi connectivity index (χ4n) is 2.31. The van der Waals surface area contributed by atoms with E-state index < -0.39 is 5.95 Å². The Morgan fingerprint density at radius 3 is 2.81 bits per heavy atom. The number of carbonyl (C=O) groups is 1. The lowest BCUT2D eigenvalue weighted by Gasteiger charge is -2.22. The molecule has 1 aliphatic carbocycles. The van der Waals surface area contributed by atoms with Gasteiger partial charge < -0.3 is 10.0 Å². The van der Waals surface area contributed by atoms with Crippen LogP contribution in [0, 0.1) is 5.95 Å². The zero-order chi connectivity index (χ0) is 14.8. The van der Waals surface area contributed by atoms with Crippen molar-refractivity contribution in [3.63, 3.8) is 0 Å². The van der Waals surface area contributed by atoms with E-state index in [0.717, 1.165) is 24.5 Å². The van der Waals surface area contributed by atoms with Crippen molar-refractivity contribution in [3.05, 3.63) is 59.7 Å². The summed E-state index contributed by atoms with van der Waals surface area (Å²) in [5.41, 5.74) is 1.15. The third-order valence-corrected chi connectivity index (χ3v) is 3.49. The standard InChI is InChI=1S/C16H15FN2O2/c17-15-9-12(6-7-18-15)16(21)19(13-4-5-13)10-11-2-1-3-14(20)8-11/h1-3,6-9,13,20H,4-5,10H2. The number of aromatic nitrogens is 1. The zero-order valence-electron chi connectivity index (χ0n) is 11.4. The van der Waals surface area contributed by atoms with Crippen LogP contribution < -0.4 is 0 Å². The highest BCUT2D eigenvalue weighted by Gasteiger charge is 2.33. The van der Waals surface area contributed by atoms with Crippen molar-refractivity contribution in [2.45, 2.75) is 25.4 Å². The maximum atomic E-state index is 13.2. The van der Waals surface area contributed by atoms with E-state index in [9.17, 15) is 14.3 Å². The Balaban J connectivity index is 1.83. The summed E-state index contributed by atoms with van der Waals surface area (Å²) in [6, 6.07) is 9.68. The van der Waals surface area contributed by atoms with Gasteiger partial charge in [-0.05, 0) is 36.6 Å². The highest BCUT2D eigenvalue weighted by atomic mass is 19.1. The summed E-state index contributed by atoms with van der Waals surface area (Å²) >= 11 is 0. The van der Waals surface area contributed by atoms with Crippen molar-refractivity contribution >= 4 is 5.91 Å². The molecule has 0 atom stereocenters. The predicted octanol–water partition coefficient (Wildman–Crippen LogP) is 2.73. The number of halogens is 1. The van der Waals surface area contributed by atoms with Crippen LogP contribution >= 0.6 is 0 Å². The van der Waals surface area contributed by atoms with Gasteiger partial charge in [0.2, 0.25) is 5.95 Å². The van der Waals surface area contributed by atoms with Crippen molar-refractivity contribution in [2.24, 2.45) is 0 Å². The summed E-state index contributed by atoms with van der Waals surface area (Å²) in [7, 11) is 0. The topological polar surface area (TPSA) is 53.4 Å². The van der Waals surface area contributed by atoms with Crippen LogP contribution in [0.4, 0.5) is 4.39 Å². The Morgan fingerprint density at radius 2 is 2.14 bits per heavy atom. The first-order valence-electron chi connectivity index (χ1n) is 6.84. The molecule has 21 heavy (non-hydrogen) atoms. The SMILES string of the molecule is O=C(c1ccnc(F)c1)N(Cc1cccc(O)c1)C1CC1. The summed E-state index contributed by atoms with van der Waals surface area (Å²) in [5.74, 6) is -0.693. The fraction of sp³-hybridized carbons (Fsp3) is 0.250. The largest absolute Gasteiger partial charge is 0.508 e. The van der Waals surface area contributed by atoms with Gasteiger partial charge in [-0.15, -0.1) is 0 Å². The molecule has 2 aromatic rings. The summed E-state index contributed by atoms with van der Waals surface area (Å²) < 4.78 is 13.2. The van der Waals surface area contributed by atoms with Crippen LogP contribution in [0.15, 0.2) is 42.6 Å². The third kappa shape index (κ3) is 3.18.